The van der Waals surface area contributed by atoms with Crippen molar-refractivity contribution in [2.24, 2.45) is 0 Å². The van der Waals surface area contributed by atoms with Gasteiger partial charge in [-0.25, -0.2) is 0 Å². The number of rotatable bonds is 5. The van der Waals surface area contributed by atoms with E-state index >= 15 is 0 Å². The van der Waals surface area contributed by atoms with Crippen molar-refractivity contribution in [2.45, 2.75) is 20.0 Å². The smallest absolute Gasteiger partial charge is 0.269 e. The summed E-state index contributed by atoms with van der Waals surface area (Å²) in [5.41, 5.74) is 1.37. The Morgan fingerprint density at radius 1 is 1.26 bits per heavy atom. The minimum absolute atomic E-state index is 0.0427. The zero-order valence-corrected chi connectivity index (χ0v) is 13.3. The number of nitrogens with zero attached hydrogens (tertiary/aromatic N) is 1. The Hall–Kier alpha value is -2.60. The van der Waals surface area contributed by atoms with E-state index < -0.39 is 11.0 Å². The van der Waals surface area contributed by atoms with Crippen molar-refractivity contribution in [1.82, 2.24) is 0 Å². The second kappa shape index (κ2) is 7.11. The van der Waals surface area contributed by atoms with Gasteiger partial charge >= 0.3 is 0 Å². The normalized spacial score (nSPS) is 11.6. The Morgan fingerprint density at radius 3 is 2.52 bits per heavy atom. The summed E-state index contributed by atoms with van der Waals surface area (Å²) in [4.78, 5) is 22.2. The standard InChI is InChI=1S/C16H15ClN2O4/c1-10-3-8-14(17)15(9-10)23-11(2)16(20)18-12-4-6-13(7-5-12)19(21)22/h3-9,11H,1-2H3,(H,18,20). The fourth-order valence-electron chi connectivity index (χ4n) is 1.86. The van der Waals surface area contributed by atoms with E-state index in [0.717, 1.165) is 5.56 Å². The Balaban J connectivity index is 2.02. The number of carbonyl (C=O) groups excluding carboxylic acids is 1. The molecule has 0 heterocycles. The molecular formula is C16H15ClN2O4. The highest BCUT2D eigenvalue weighted by molar-refractivity contribution is 6.32. The van der Waals surface area contributed by atoms with Gasteiger partial charge < -0.3 is 10.1 Å². The lowest BCUT2D eigenvalue weighted by Gasteiger charge is -2.16. The zero-order valence-electron chi connectivity index (χ0n) is 12.6. The second-order valence-corrected chi connectivity index (χ2v) is 5.39. The van der Waals surface area contributed by atoms with E-state index in [4.69, 9.17) is 16.3 Å². The Morgan fingerprint density at radius 2 is 1.91 bits per heavy atom. The fourth-order valence-corrected chi connectivity index (χ4v) is 2.02. The monoisotopic (exact) mass is 334 g/mol. The quantitative estimate of drug-likeness (QED) is 0.662. The van der Waals surface area contributed by atoms with Gasteiger partial charge in [0.2, 0.25) is 0 Å². The number of hydrogen-bond donors (Lipinski definition) is 1. The van der Waals surface area contributed by atoms with Crippen molar-refractivity contribution in [1.29, 1.82) is 0 Å². The molecule has 7 heteroatoms. The molecule has 2 aromatic rings. The maximum Gasteiger partial charge on any atom is 0.269 e. The van der Waals surface area contributed by atoms with Gasteiger partial charge in [-0.15, -0.1) is 0 Å². The van der Waals surface area contributed by atoms with Crippen LogP contribution in [0.15, 0.2) is 42.5 Å². The van der Waals surface area contributed by atoms with Gasteiger partial charge in [0.1, 0.15) is 5.75 Å². The molecule has 0 saturated heterocycles. The van der Waals surface area contributed by atoms with Crippen LogP contribution in [0.5, 0.6) is 5.75 Å². The van der Waals surface area contributed by atoms with E-state index in [9.17, 15) is 14.9 Å². The minimum Gasteiger partial charge on any atom is -0.479 e. The van der Waals surface area contributed by atoms with Crippen LogP contribution < -0.4 is 10.1 Å². The van der Waals surface area contributed by atoms with Crippen molar-refractivity contribution >= 4 is 28.9 Å². The molecule has 2 aromatic carbocycles. The number of nitro benzene ring substituents is 1. The first kappa shape index (κ1) is 16.8. The number of non-ortho nitro benzene ring substituents is 1. The summed E-state index contributed by atoms with van der Waals surface area (Å²) in [7, 11) is 0. The maximum absolute atomic E-state index is 12.1. The van der Waals surface area contributed by atoms with Gasteiger partial charge in [0, 0.05) is 17.8 Å². The summed E-state index contributed by atoms with van der Waals surface area (Å²) in [5, 5.41) is 13.6. The van der Waals surface area contributed by atoms with Crippen LogP contribution in [0.2, 0.25) is 5.02 Å². The molecule has 0 aromatic heterocycles. The van der Waals surface area contributed by atoms with E-state index in [0.29, 0.717) is 16.5 Å². The average Bonchev–Trinajstić information content (AvgIpc) is 2.51. The van der Waals surface area contributed by atoms with Gasteiger partial charge in [0.05, 0.1) is 9.95 Å². The topological polar surface area (TPSA) is 81.5 Å². The summed E-state index contributed by atoms with van der Waals surface area (Å²) < 4.78 is 5.57. The van der Waals surface area contributed by atoms with Gasteiger partial charge in [-0.05, 0) is 43.7 Å². The lowest BCUT2D eigenvalue weighted by molar-refractivity contribution is -0.384. The predicted molar refractivity (Wildman–Crippen MR) is 88.0 cm³/mol. The van der Waals surface area contributed by atoms with Crippen LogP contribution in [-0.4, -0.2) is 16.9 Å². The predicted octanol–water partition coefficient (Wildman–Crippen LogP) is 3.96. The number of nitrogens with one attached hydrogen (secondary N) is 1. The van der Waals surface area contributed by atoms with Gasteiger partial charge in [-0.3, -0.25) is 14.9 Å². The number of amides is 1. The summed E-state index contributed by atoms with van der Waals surface area (Å²) in [6.45, 7) is 3.49. The van der Waals surface area contributed by atoms with E-state index in [1.165, 1.54) is 24.3 Å². The zero-order chi connectivity index (χ0) is 17.0. The second-order valence-electron chi connectivity index (χ2n) is 4.99. The van der Waals surface area contributed by atoms with Crippen LogP contribution >= 0.6 is 11.6 Å². The van der Waals surface area contributed by atoms with Crippen molar-refractivity contribution in [3.63, 3.8) is 0 Å². The molecule has 0 saturated carbocycles. The molecule has 0 fully saturated rings. The number of nitro groups is 1. The molecule has 1 atom stereocenters. The Bertz CT molecular complexity index is 731. The van der Waals surface area contributed by atoms with E-state index in [-0.39, 0.29) is 11.6 Å². The third-order valence-electron chi connectivity index (χ3n) is 3.11. The van der Waals surface area contributed by atoms with E-state index in [1.54, 1.807) is 19.1 Å². The molecule has 0 radical (unpaired) electrons. The van der Waals surface area contributed by atoms with Crippen molar-refractivity contribution < 1.29 is 14.5 Å². The largest absolute Gasteiger partial charge is 0.479 e. The molecule has 6 nitrogen and oxygen atoms in total. The van der Waals surface area contributed by atoms with Crippen molar-refractivity contribution in [3.8, 4) is 5.75 Å². The highest BCUT2D eigenvalue weighted by Crippen LogP contribution is 2.26. The third-order valence-corrected chi connectivity index (χ3v) is 3.42. The van der Waals surface area contributed by atoms with Crippen LogP contribution in [0.1, 0.15) is 12.5 Å². The highest BCUT2D eigenvalue weighted by Gasteiger charge is 2.17. The number of aryl methyl sites for hydroxylation is 1. The SMILES string of the molecule is Cc1ccc(Cl)c(OC(C)C(=O)Nc2ccc([N+](=O)[O-])cc2)c1. The molecule has 0 aliphatic carbocycles. The highest BCUT2D eigenvalue weighted by atomic mass is 35.5. The third kappa shape index (κ3) is 4.43. The van der Waals surface area contributed by atoms with E-state index in [1.807, 2.05) is 13.0 Å². The molecule has 0 spiro atoms. The summed E-state index contributed by atoms with van der Waals surface area (Å²) in [6.07, 6.45) is -0.774. The molecule has 1 amide bonds. The fraction of sp³-hybridized carbons (Fsp3) is 0.188. The number of hydrogen-bond acceptors (Lipinski definition) is 4. The number of benzene rings is 2. The molecule has 23 heavy (non-hydrogen) atoms. The van der Waals surface area contributed by atoms with Gasteiger partial charge in [0.25, 0.3) is 11.6 Å². The molecule has 1 N–H and O–H groups in total. The average molecular weight is 335 g/mol. The molecule has 2 rings (SSSR count). The molecule has 0 aliphatic heterocycles. The van der Waals surface area contributed by atoms with Gasteiger partial charge in [-0.2, -0.15) is 0 Å². The minimum atomic E-state index is -0.774. The van der Waals surface area contributed by atoms with Crippen LogP contribution in [0.3, 0.4) is 0 Å². The van der Waals surface area contributed by atoms with Crippen LogP contribution in [0.25, 0.3) is 0 Å². The van der Waals surface area contributed by atoms with E-state index in [2.05, 4.69) is 5.32 Å². The number of ether oxygens (including phenoxy) is 1. The van der Waals surface area contributed by atoms with Gasteiger partial charge in [-0.1, -0.05) is 17.7 Å². The molecule has 120 valence electrons. The molecule has 1 unspecified atom stereocenters. The van der Waals surface area contributed by atoms with Crippen molar-refractivity contribution in [2.75, 3.05) is 5.32 Å². The number of halogens is 1. The molecule has 0 bridgehead atoms. The summed E-state index contributed by atoms with van der Waals surface area (Å²) >= 11 is 6.03. The first-order valence-corrected chi connectivity index (χ1v) is 7.23. The lowest BCUT2D eigenvalue weighted by Crippen LogP contribution is -2.30. The van der Waals surface area contributed by atoms with Crippen molar-refractivity contribution in [3.05, 3.63) is 63.2 Å². The Kier molecular flexibility index (Phi) is 5.18. The molecule has 0 aliphatic rings. The Labute approximate surface area is 138 Å². The first-order valence-electron chi connectivity index (χ1n) is 6.85. The summed E-state index contributed by atoms with van der Waals surface area (Å²) in [6, 6.07) is 10.9. The maximum atomic E-state index is 12.1. The van der Waals surface area contributed by atoms with Gasteiger partial charge in [0.15, 0.2) is 6.10 Å². The van der Waals surface area contributed by atoms with Crippen LogP contribution in [0.4, 0.5) is 11.4 Å². The number of carbonyl (C=O) groups is 1. The number of anilines is 1. The summed E-state index contributed by atoms with van der Waals surface area (Å²) in [5.74, 6) is 0.0504. The van der Waals surface area contributed by atoms with Crippen LogP contribution in [-0.2, 0) is 4.79 Å². The first-order chi connectivity index (χ1) is 10.9. The molecular weight excluding hydrogens is 320 g/mol. The lowest BCUT2D eigenvalue weighted by atomic mass is 10.2. The van der Waals surface area contributed by atoms with Crippen LogP contribution in [0, 0.1) is 17.0 Å².